The van der Waals surface area contributed by atoms with Gasteiger partial charge in [-0.2, -0.15) is 0 Å². The van der Waals surface area contributed by atoms with Crippen molar-refractivity contribution >= 4 is 54.6 Å². The minimum atomic E-state index is 0.862. The molecule has 0 fully saturated rings. The van der Waals surface area contributed by atoms with Crippen LogP contribution in [0.3, 0.4) is 0 Å². The number of hydrogen-bond donors (Lipinski definition) is 0. The molecule has 49 heavy (non-hydrogen) atoms. The van der Waals surface area contributed by atoms with E-state index >= 15 is 0 Å². The minimum Gasteiger partial charge on any atom is -0.455 e. The summed E-state index contributed by atoms with van der Waals surface area (Å²) in [7, 11) is 0. The van der Waals surface area contributed by atoms with E-state index in [4.69, 9.17) is 19.4 Å². The zero-order valence-electron chi connectivity index (χ0n) is 26.2. The Hall–Kier alpha value is -6.72. The molecule has 0 N–H and O–H groups in total. The molecule has 0 bridgehead atoms. The largest absolute Gasteiger partial charge is 0.455 e. The highest BCUT2D eigenvalue weighted by molar-refractivity contribution is 6.10. The van der Waals surface area contributed by atoms with Crippen LogP contribution in [0.2, 0.25) is 0 Å². The Labute approximate surface area is 281 Å². The predicted octanol–water partition coefficient (Wildman–Crippen LogP) is 11.3. The van der Waals surface area contributed by atoms with E-state index < -0.39 is 0 Å². The Morgan fingerprint density at radius 1 is 0.408 bits per heavy atom. The highest BCUT2D eigenvalue weighted by Gasteiger charge is 2.15. The molecule has 0 amide bonds. The fourth-order valence-corrected chi connectivity index (χ4v) is 6.93. The van der Waals surface area contributed by atoms with Gasteiger partial charge in [-0.25, -0.2) is 0 Å². The van der Waals surface area contributed by atoms with Crippen LogP contribution in [0.4, 0.5) is 0 Å². The van der Waals surface area contributed by atoms with E-state index in [-0.39, 0.29) is 0 Å². The molecule has 5 nitrogen and oxygen atoms in total. The Balaban J connectivity index is 1.11. The predicted molar refractivity (Wildman–Crippen MR) is 199 cm³/mol. The van der Waals surface area contributed by atoms with Gasteiger partial charge in [-0.05, 0) is 71.3 Å². The Kier molecular flexibility index (Phi) is 6.11. The van der Waals surface area contributed by atoms with Gasteiger partial charge in [-0.1, -0.05) is 78.9 Å². The van der Waals surface area contributed by atoms with E-state index in [1.807, 2.05) is 55.1 Å². The second-order valence-corrected chi connectivity index (χ2v) is 12.4. The maximum absolute atomic E-state index is 6.47. The summed E-state index contributed by atoms with van der Waals surface area (Å²) in [5, 5.41) is 5.43. The van der Waals surface area contributed by atoms with Crippen LogP contribution in [-0.4, -0.2) is 19.9 Å². The average Bonchev–Trinajstić information content (AvgIpc) is 3.56. The van der Waals surface area contributed by atoms with E-state index in [0.717, 1.165) is 99.3 Å². The summed E-state index contributed by atoms with van der Waals surface area (Å²) in [6.45, 7) is 0. The summed E-state index contributed by atoms with van der Waals surface area (Å²) in [4.78, 5) is 19.1. The fourth-order valence-electron chi connectivity index (χ4n) is 6.93. The smallest absolute Gasteiger partial charge is 0.143 e. The van der Waals surface area contributed by atoms with E-state index in [9.17, 15) is 0 Å². The molecule has 5 heterocycles. The summed E-state index contributed by atoms with van der Waals surface area (Å²) in [5.41, 5.74) is 12.7. The fraction of sp³-hybridized carbons (Fsp3) is 0. The molecule has 5 aromatic heterocycles. The van der Waals surface area contributed by atoms with Crippen molar-refractivity contribution in [2.24, 2.45) is 0 Å². The van der Waals surface area contributed by atoms with Gasteiger partial charge in [0.2, 0.25) is 0 Å². The summed E-state index contributed by atoms with van der Waals surface area (Å²) in [6.07, 6.45) is 7.61. The first-order valence-corrected chi connectivity index (χ1v) is 16.3. The van der Waals surface area contributed by atoms with Gasteiger partial charge in [0.25, 0.3) is 0 Å². The number of para-hydroxylation sites is 3. The average molecular weight is 627 g/mol. The Morgan fingerprint density at radius 2 is 1.14 bits per heavy atom. The quantitative estimate of drug-likeness (QED) is 0.182. The van der Waals surface area contributed by atoms with Crippen LogP contribution in [0, 0.1) is 0 Å². The summed E-state index contributed by atoms with van der Waals surface area (Å²) in [5.74, 6) is 0. The molecule has 0 unspecified atom stereocenters. The topological polar surface area (TPSA) is 64.7 Å². The van der Waals surface area contributed by atoms with Gasteiger partial charge in [0.1, 0.15) is 11.2 Å². The van der Waals surface area contributed by atoms with Crippen molar-refractivity contribution in [3.63, 3.8) is 0 Å². The number of rotatable bonds is 4. The zero-order chi connectivity index (χ0) is 32.3. The zero-order valence-corrected chi connectivity index (χ0v) is 26.2. The number of hydrogen-bond acceptors (Lipinski definition) is 5. The molecule has 10 aromatic rings. The molecular formula is C44H26N4O. The lowest BCUT2D eigenvalue weighted by Gasteiger charge is -2.12. The number of benzene rings is 5. The van der Waals surface area contributed by atoms with Gasteiger partial charge >= 0.3 is 0 Å². The lowest BCUT2D eigenvalue weighted by molar-refractivity contribution is 0.670. The molecule has 10 rings (SSSR count). The maximum atomic E-state index is 6.47. The van der Waals surface area contributed by atoms with E-state index in [1.165, 1.54) is 0 Å². The Bertz CT molecular complexity index is 2890. The van der Waals surface area contributed by atoms with Gasteiger partial charge in [-0.15, -0.1) is 0 Å². The van der Waals surface area contributed by atoms with Gasteiger partial charge in [0, 0.05) is 74.0 Å². The van der Waals surface area contributed by atoms with Gasteiger partial charge in [-0.3, -0.25) is 19.9 Å². The molecule has 0 saturated heterocycles. The first kappa shape index (κ1) is 27.4. The third-order valence-corrected chi connectivity index (χ3v) is 9.39. The molecule has 0 aliphatic heterocycles. The summed E-state index contributed by atoms with van der Waals surface area (Å²) < 4.78 is 6.47. The van der Waals surface area contributed by atoms with Crippen molar-refractivity contribution < 1.29 is 4.42 Å². The van der Waals surface area contributed by atoms with Crippen LogP contribution in [0.1, 0.15) is 0 Å². The van der Waals surface area contributed by atoms with Crippen LogP contribution < -0.4 is 0 Å². The third kappa shape index (κ3) is 4.63. The standard InChI is InChI=1S/C44H26N4O/c1-3-12-39-28(7-1)19-34(25-47-39)32-21-31(22-33(23-32)36-10-5-11-38-37-9-2-4-13-41(37)49-44(36)38)30-16-17-40(46-24-30)35-20-29-15-14-27-8-6-18-45-42(27)43(29)48-26-35/h1-26H. The highest BCUT2D eigenvalue weighted by Crippen LogP contribution is 2.39. The molecule has 0 aliphatic carbocycles. The molecule has 0 spiro atoms. The van der Waals surface area contributed by atoms with Gasteiger partial charge < -0.3 is 4.42 Å². The SMILES string of the molecule is c1ccc2ncc(-c3cc(-c4ccc(-c5cnc6c(ccc7cccnc76)c5)nc4)cc(-c4cccc5c4oc4ccccc45)c3)cc2c1. The molecule has 0 atom stereocenters. The molecule has 0 aliphatic rings. The van der Waals surface area contributed by atoms with Gasteiger partial charge in [0.15, 0.2) is 0 Å². The maximum Gasteiger partial charge on any atom is 0.143 e. The van der Waals surface area contributed by atoms with Crippen molar-refractivity contribution in [3.8, 4) is 44.6 Å². The molecule has 228 valence electrons. The Morgan fingerprint density at radius 3 is 2.08 bits per heavy atom. The van der Waals surface area contributed by atoms with E-state index in [1.54, 1.807) is 0 Å². The van der Waals surface area contributed by atoms with E-state index in [2.05, 4.69) is 108 Å². The number of fused-ring (bicyclic) bond motifs is 7. The third-order valence-electron chi connectivity index (χ3n) is 9.39. The van der Waals surface area contributed by atoms with Gasteiger partial charge in [0.05, 0.1) is 22.2 Å². The minimum absolute atomic E-state index is 0.862. The molecule has 5 heteroatoms. The molecule has 0 radical (unpaired) electrons. The van der Waals surface area contributed by atoms with Crippen LogP contribution in [0.15, 0.2) is 163 Å². The van der Waals surface area contributed by atoms with Crippen molar-refractivity contribution in [1.29, 1.82) is 0 Å². The first-order valence-electron chi connectivity index (χ1n) is 16.3. The highest BCUT2D eigenvalue weighted by atomic mass is 16.3. The van der Waals surface area contributed by atoms with Crippen molar-refractivity contribution in [3.05, 3.63) is 158 Å². The number of furan rings is 1. The van der Waals surface area contributed by atoms with Crippen molar-refractivity contribution in [2.75, 3.05) is 0 Å². The van der Waals surface area contributed by atoms with E-state index in [0.29, 0.717) is 0 Å². The lowest BCUT2D eigenvalue weighted by atomic mass is 9.93. The van der Waals surface area contributed by atoms with Crippen LogP contribution in [-0.2, 0) is 0 Å². The number of pyridine rings is 4. The summed E-state index contributed by atoms with van der Waals surface area (Å²) in [6, 6.07) is 46.2. The monoisotopic (exact) mass is 626 g/mol. The molecule has 5 aromatic carbocycles. The summed E-state index contributed by atoms with van der Waals surface area (Å²) >= 11 is 0. The normalized spacial score (nSPS) is 11.7. The van der Waals surface area contributed by atoms with Crippen molar-refractivity contribution in [2.45, 2.75) is 0 Å². The van der Waals surface area contributed by atoms with Crippen LogP contribution >= 0.6 is 0 Å². The van der Waals surface area contributed by atoms with Crippen LogP contribution in [0.25, 0.3) is 99.3 Å². The second-order valence-electron chi connectivity index (χ2n) is 12.4. The first-order chi connectivity index (χ1) is 24.2. The number of aromatic nitrogens is 4. The lowest BCUT2D eigenvalue weighted by Crippen LogP contribution is -1.91. The van der Waals surface area contributed by atoms with Crippen LogP contribution in [0.5, 0.6) is 0 Å². The second kappa shape index (κ2) is 10.9. The molecule has 0 saturated carbocycles. The molecular weight excluding hydrogens is 601 g/mol. The van der Waals surface area contributed by atoms with Crippen molar-refractivity contribution in [1.82, 2.24) is 19.9 Å². The number of nitrogens with zero attached hydrogens (tertiary/aromatic N) is 4.